The molecule has 3 N–H and O–H groups in total. The summed E-state index contributed by atoms with van der Waals surface area (Å²) in [5.74, 6) is -0.0479. The lowest BCUT2D eigenvalue weighted by Gasteiger charge is -2.15. The number of pyridine rings is 2. The van der Waals surface area contributed by atoms with Crippen LogP contribution in [0, 0.1) is 13.8 Å². The molecule has 0 fully saturated rings. The van der Waals surface area contributed by atoms with Gasteiger partial charge in [0.15, 0.2) is 5.65 Å². The number of halogens is 2. The maximum atomic E-state index is 13.2. The maximum absolute atomic E-state index is 13.2. The Bertz CT molecular complexity index is 1580. The SMILES string of the molecule is Cc1ccc(NC(=O)c2cc(C(F)F)c(C)cn2)cc1Nc1ncccc1-c1ncnc2nc[nH]c12. The number of alkyl halides is 2. The van der Waals surface area contributed by atoms with Crippen LogP contribution in [0.5, 0.6) is 0 Å². The second kappa shape index (κ2) is 9.45. The van der Waals surface area contributed by atoms with E-state index in [9.17, 15) is 13.6 Å². The van der Waals surface area contributed by atoms with Gasteiger partial charge in [-0.1, -0.05) is 6.07 Å². The summed E-state index contributed by atoms with van der Waals surface area (Å²) < 4.78 is 26.5. The first-order valence-electron chi connectivity index (χ1n) is 10.9. The van der Waals surface area contributed by atoms with Crippen molar-refractivity contribution in [1.29, 1.82) is 0 Å². The normalized spacial score (nSPS) is 11.1. The number of benzene rings is 1. The zero-order chi connectivity index (χ0) is 25.2. The van der Waals surface area contributed by atoms with E-state index in [0.717, 1.165) is 17.2 Å². The molecule has 1 aromatic carbocycles. The molecule has 1 amide bonds. The summed E-state index contributed by atoms with van der Waals surface area (Å²) in [6, 6.07) is 10.1. The van der Waals surface area contributed by atoms with Crippen molar-refractivity contribution in [2.24, 2.45) is 0 Å². The lowest BCUT2D eigenvalue weighted by Crippen LogP contribution is -2.14. The Hall–Kier alpha value is -4.80. The summed E-state index contributed by atoms with van der Waals surface area (Å²) in [5, 5.41) is 6.03. The summed E-state index contributed by atoms with van der Waals surface area (Å²) in [6.45, 7) is 3.43. The van der Waals surface area contributed by atoms with E-state index in [2.05, 4.69) is 40.5 Å². The molecule has 180 valence electrons. The van der Waals surface area contributed by atoms with Gasteiger partial charge < -0.3 is 15.6 Å². The fourth-order valence-electron chi connectivity index (χ4n) is 3.72. The number of rotatable bonds is 6. The molecule has 0 aliphatic carbocycles. The molecule has 0 spiro atoms. The van der Waals surface area contributed by atoms with E-state index in [0.29, 0.717) is 39.6 Å². The molecule has 0 unspecified atom stereocenters. The summed E-state index contributed by atoms with van der Waals surface area (Å²) in [4.78, 5) is 37.0. The number of hydrogen-bond acceptors (Lipinski definition) is 7. The second-order valence-electron chi connectivity index (χ2n) is 8.06. The van der Waals surface area contributed by atoms with Gasteiger partial charge in [0, 0.05) is 34.9 Å². The minimum atomic E-state index is -2.69. The van der Waals surface area contributed by atoms with Crippen molar-refractivity contribution in [2.45, 2.75) is 20.3 Å². The van der Waals surface area contributed by atoms with Gasteiger partial charge in [-0.05, 0) is 55.3 Å². The third-order valence-electron chi connectivity index (χ3n) is 5.65. The molecule has 0 bridgehead atoms. The smallest absolute Gasteiger partial charge is 0.274 e. The van der Waals surface area contributed by atoms with Gasteiger partial charge in [-0.2, -0.15) is 0 Å². The molecule has 9 nitrogen and oxygen atoms in total. The number of anilines is 3. The molecule has 4 aromatic heterocycles. The van der Waals surface area contributed by atoms with Crippen LogP contribution in [0.1, 0.15) is 33.6 Å². The largest absolute Gasteiger partial charge is 0.341 e. The van der Waals surface area contributed by atoms with E-state index in [1.54, 1.807) is 30.7 Å². The predicted octanol–water partition coefficient (Wildman–Crippen LogP) is 5.36. The Morgan fingerprint density at radius 3 is 2.69 bits per heavy atom. The highest BCUT2D eigenvalue weighted by Crippen LogP contribution is 2.32. The first kappa shape index (κ1) is 23.0. The van der Waals surface area contributed by atoms with Crippen LogP contribution in [0.15, 0.2) is 61.4 Å². The van der Waals surface area contributed by atoms with Gasteiger partial charge in [0.1, 0.15) is 29.0 Å². The summed E-state index contributed by atoms with van der Waals surface area (Å²) in [5.41, 5.74) is 4.64. The number of H-pyrrole nitrogens is 1. The van der Waals surface area contributed by atoms with E-state index in [4.69, 9.17) is 0 Å². The predicted molar refractivity (Wildman–Crippen MR) is 131 cm³/mol. The molecule has 0 saturated carbocycles. The molecule has 0 aliphatic heterocycles. The van der Waals surface area contributed by atoms with Crippen molar-refractivity contribution in [3.63, 3.8) is 0 Å². The third-order valence-corrected chi connectivity index (χ3v) is 5.65. The number of aryl methyl sites for hydroxylation is 2. The number of nitrogens with zero attached hydrogens (tertiary/aromatic N) is 5. The molecule has 36 heavy (non-hydrogen) atoms. The molecule has 0 radical (unpaired) electrons. The molecule has 4 heterocycles. The average Bonchev–Trinajstić information content (AvgIpc) is 3.36. The monoisotopic (exact) mass is 486 g/mol. The van der Waals surface area contributed by atoms with E-state index < -0.39 is 12.3 Å². The maximum Gasteiger partial charge on any atom is 0.274 e. The Balaban J connectivity index is 1.44. The number of carbonyl (C=O) groups is 1. The van der Waals surface area contributed by atoms with Crippen LogP contribution < -0.4 is 10.6 Å². The van der Waals surface area contributed by atoms with Crippen molar-refractivity contribution in [3.05, 3.63) is 83.8 Å². The van der Waals surface area contributed by atoms with E-state index in [-0.39, 0.29) is 11.3 Å². The average molecular weight is 486 g/mol. The summed E-state index contributed by atoms with van der Waals surface area (Å²) in [6.07, 6.45) is 3.22. The molecule has 11 heteroatoms. The molecular weight excluding hydrogens is 466 g/mol. The van der Waals surface area contributed by atoms with Crippen LogP contribution in [0.2, 0.25) is 0 Å². The quantitative estimate of drug-likeness (QED) is 0.295. The van der Waals surface area contributed by atoms with Crippen LogP contribution >= 0.6 is 0 Å². The highest BCUT2D eigenvalue weighted by atomic mass is 19.3. The molecule has 5 rings (SSSR count). The summed E-state index contributed by atoms with van der Waals surface area (Å²) >= 11 is 0. The van der Waals surface area contributed by atoms with Gasteiger partial charge in [0.05, 0.1) is 6.33 Å². The molecule has 0 aliphatic rings. The number of nitrogens with one attached hydrogen (secondary N) is 3. The van der Waals surface area contributed by atoms with Crippen molar-refractivity contribution >= 4 is 34.3 Å². The summed E-state index contributed by atoms with van der Waals surface area (Å²) in [7, 11) is 0. The van der Waals surface area contributed by atoms with Crippen molar-refractivity contribution < 1.29 is 13.6 Å². The highest BCUT2D eigenvalue weighted by Gasteiger charge is 2.17. The number of fused-ring (bicyclic) bond motifs is 1. The first-order valence-corrected chi connectivity index (χ1v) is 10.9. The Kier molecular flexibility index (Phi) is 6.03. The topological polar surface area (TPSA) is 121 Å². The van der Waals surface area contributed by atoms with Crippen LogP contribution in [0.4, 0.5) is 26.0 Å². The van der Waals surface area contributed by atoms with Gasteiger partial charge in [-0.3, -0.25) is 9.78 Å². The number of hydrogen-bond donors (Lipinski definition) is 3. The lowest BCUT2D eigenvalue weighted by atomic mass is 10.1. The van der Waals surface area contributed by atoms with Crippen molar-refractivity contribution in [2.75, 3.05) is 10.6 Å². The van der Waals surface area contributed by atoms with Gasteiger partial charge >= 0.3 is 0 Å². The zero-order valence-electron chi connectivity index (χ0n) is 19.3. The number of aromatic amines is 1. The minimum Gasteiger partial charge on any atom is -0.341 e. The standard InChI is InChI=1S/C25H20F2N8O/c1-13-5-6-15(34-25(36)19-9-17(22(26)27)14(2)10-29-19)8-18(13)35-23-16(4-3-7-28-23)20-21-24(32-11-30-20)33-12-31-21/h3-12,22H,1-2H3,(H,28,35)(H,34,36)(H,30,31,32,33). The zero-order valence-corrected chi connectivity index (χ0v) is 19.3. The molecule has 0 atom stereocenters. The second-order valence-corrected chi connectivity index (χ2v) is 8.06. The first-order chi connectivity index (χ1) is 17.4. The number of aromatic nitrogens is 6. The Labute approximate surface area is 204 Å². The van der Waals surface area contributed by atoms with Crippen LogP contribution in [-0.4, -0.2) is 35.8 Å². The van der Waals surface area contributed by atoms with Gasteiger partial charge in [0.25, 0.3) is 12.3 Å². The van der Waals surface area contributed by atoms with Crippen LogP contribution in [0.25, 0.3) is 22.4 Å². The Morgan fingerprint density at radius 1 is 1.00 bits per heavy atom. The molecule has 0 saturated heterocycles. The fraction of sp³-hybridized carbons (Fsp3) is 0.120. The van der Waals surface area contributed by atoms with E-state index in [1.807, 2.05) is 19.1 Å². The van der Waals surface area contributed by atoms with Crippen LogP contribution in [0.3, 0.4) is 0 Å². The third kappa shape index (κ3) is 4.45. The number of imidazole rings is 1. The van der Waals surface area contributed by atoms with E-state index >= 15 is 0 Å². The van der Waals surface area contributed by atoms with Gasteiger partial charge in [-0.15, -0.1) is 0 Å². The van der Waals surface area contributed by atoms with Crippen molar-refractivity contribution in [1.82, 2.24) is 29.9 Å². The van der Waals surface area contributed by atoms with E-state index in [1.165, 1.54) is 19.4 Å². The number of carbonyl (C=O) groups excluding carboxylic acids is 1. The van der Waals surface area contributed by atoms with Crippen molar-refractivity contribution in [3.8, 4) is 11.3 Å². The fourth-order valence-corrected chi connectivity index (χ4v) is 3.72. The van der Waals surface area contributed by atoms with Crippen LogP contribution in [-0.2, 0) is 0 Å². The highest BCUT2D eigenvalue weighted by molar-refractivity contribution is 6.03. The Morgan fingerprint density at radius 2 is 1.86 bits per heavy atom. The van der Waals surface area contributed by atoms with Gasteiger partial charge in [-0.25, -0.2) is 28.7 Å². The number of amides is 1. The lowest BCUT2D eigenvalue weighted by molar-refractivity contribution is 0.102. The van der Waals surface area contributed by atoms with Gasteiger partial charge in [0.2, 0.25) is 0 Å². The molecule has 5 aromatic rings. The molecular formula is C25H20F2N8O. The minimum absolute atomic E-state index is 0.0923.